The Bertz CT molecular complexity index is 488. The molecule has 1 aromatic heterocycles. The number of nitrogens with one attached hydrogen (secondary N) is 1. The Labute approximate surface area is 102 Å². The predicted octanol–water partition coefficient (Wildman–Crippen LogP) is 2.98. The number of benzene rings is 1. The lowest BCUT2D eigenvalue weighted by Crippen LogP contribution is -2.24. The molecular weight excluding hydrogens is 214 g/mol. The van der Waals surface area contributed by atoms with Gasteiger partial charge in [-0.05, 0) is 36.7 Å². The molecule has 92 valence electrons. The van der Waals surface area contributed by atoms with E-state index in [0.29, 0.717) is 6.04 Å². The average Bonchev–Trinajstić information content (AvgIpc) is 2.71. The molecule has 1 aromatic carbocycles. The zero-order chi connectivity index (χ0) is 12.3. The first-order valence-corrected chi connectivity index (χ1v) is 5.98. The molecule has 0 spiro atoms. The second kappa shape index (κ2) is 5.23. The molecule has 0 aliphatic carbocycles. The Morgan fingerprint density at radius 2 is 2.18 bits per heavy atom. The third-order valence-electron chi connectivity index (χ3n) is 2.81. The molecule has 1 N–H and O–H groups in total. The summed E-state index contributed by atoms with van der Waals surface area (Å²) in [5.41, 5.74) is 2.15. The molecule has 3 heteroatoms. The number of hydrogen-bond acceptors (Lipinski definition) is 3. The van der Waals surface area contributed by atoms with Crippen LogP contribution < -0.4 is 10.1 Å². The highest BCUT2D eigenvalue weighted by Gasteiger charge is 2.07. The van der Waals surface area contributed by atoms with Crippen LogP contribution in [0.25, 0.3) is 11.0 Å². The van der Waals surface area contributed by atoms with Gasteiger partial charge in [0.2, 0.25) is 0 Å². The minimum absolute atomic E-state index is 0.516. The van der Waals surface area contributed by atoms with Gasteiger partial charge in [-0.1, -0.05) is 13.8 Å². The van der Waals surface area contributed by atoms with Gasteiger partial charge >= 0.3 is 0 Å². The van der Waals surface area contributed by atoms with Gasteiger partial charge in [0, 0.05) is 11.4 Å². The van der Waals surface area contributed by atoms with Crippen molar-refractivity contribution in [2.75, 3.05) is 13.7 Å². The van der Waals surface area contributed by atoms with Gasteiger partial charge in [0.25, 0.3) is 0 Å². The summed E-state index contributed by atoms with van der Waals surface area (Å²) >= 11 is 0. The van der Waals surface area contributed by atoms with Crippen LogP contribution in [0.2, 0.25) is 0 Å². The van der Waals surface area contributed by atoms with Crippen molar-refractivity contribution < 1.29 is 9.15 Å². The lowest BCUT2D eigenvalue weighted by Gasteiger charge is -2.06. The van der Waals surface area contributed by atoms with Crippen LogP contribution in [0.4, 0.5) is 0 Å². The molecule has 0 aliphatic rings. The first-order chi connectivity index (χ1) is 8.20. The number of methoxy groups -OCH3 is 1. The molecule has 2 aromatic rings. The number of furan rings is 1. The average molecular weight is 233 g/mol. The molecule has 0 unspecified atom stereocenters. The Kier molecular flexibility index (Phi) is 3.69. The van der Waals surface area contributed by atoms with Gasteiger partial charge in [0.15, 0.2) is 0 Å². The predicted molar refractivity (Wildman–Crippen MR) is 69.6 cm³/mol. The quantitative estimate of drug-likeness (QED) is 0.862. The smallest absolute Gasteiger partial charge is 0.134 e. The standard InChI is InChI=1S/C14H19NO2/c1-10(2)15-7-6-11-9-17-14-5-4-12(16-3)8-13(11)14/h4-5,8-10,15H,6-7H2,1-3H3. The van der Waals surface area contributed by atoms with Gasteiger partial charge in [-0.15, -0.1) is 0 Å². The van der Waals surface area contributed by atoms with Crippen LogP contribution >= 0.6 is 0 Å². The fourth-order valence-electron chi connectivity index (χ4n) is 1.88. The van der Waals surface area contributed by atoms with Crippen LogP contribution in [-0.2, 0) is 6.42 Å². The summed E-state index contributed by atoms with van der Waals surface area (Å²) in [6.45, 7) is 5.26. The zero-order valence-electron chi connectivity index (χ0n) is 10.6. The van der Waals surface area contributed by atoms with E-state index in [4.69, 9.17) is 9.15 Å². The summed E-state index contributed by atoms with van der Waals surface area (Å²) in [4.78, 5) is 0. The highest BCUT2D eigenvalue weighted by atomic mass is 16.5. The first kappa shape index (κ1) is 12.0. The normalized spacial score (nSPS) is 11.3. The molecule has 3 nitrogen and oxygen atoms in total. The topological polar surface area (TPSA) is 34.4 Å². The second-order valence-corrected chi connectivity index (χ2v) is 4.48. The van der Waals surface area contributed by atoms with Crippen molar-refractivity contribution in [2.24, 2.45) is 0 Å². The van der Waals surface area contributed by atoms with Crippen molar-refractivity contribution in [1.82, 2.24) is 5.32 Å². The number of fused-ring (bicyclic) bond motifs is 1. The fourth-order valence-corrected chi connectivity index (χ4v) is 1.88. The summed E-state index contributed by atoms with van der Waals surface area (Å²) in [5.74, 6) is 0.872. The maximum atomic E-state index is 5.52. The largest absolute Gasteiger partial charge is 0.497 e. The minimum atomic E-state index is 0.516. The lowest BCUT2D eigenvalue weighted by atomic mass is 10.1. The van der Waals surface area contributed by atoms with Crippen LogP contribution in [-0.4, -0.2) is 19.7 Å². The third-order valence-corrected chi connectivity index (χ3v) is 2.81. The molecule has 0 aliphatic heterocycles. The van der Waals surface area contributed by atoms with Crippen LogP contribution in [0.15, 0.2) is 28.9 Å². The molecule has 0 radical (unpaired) electrons. The summed E-state index contributed by atoms with van der Waals surface area (Å²) in [5, 5.41) is 4.55. The van der Waals surface area contributed by atoms with E-state index in [-0.39, 0.29) is 0 Å². The van der Waals surface area contributed by atoms with E-state index in [1.165, 1.54) is 5.56 Å². The van der Waals surface area contributed by atoms with Crippen LogP contribution in [0.5, 0.6) is 5.75 Å². The van der Waals surface area contributed by atoms with Gasteiger partial charge in [-0.2, -0.15) is 0 Å². The van der Waals surface area contributed by atoms with Crippen LogP contribution in [0.3, 0.4) is 0 Å². The van der Waals surface area contributed by atoms with Gasteiger partial charge in [0.05, 0.1) is 13.4 Å². The minimum Gasteiger partial charge on any atom is -0.497 e. The Morgan fingerprint density at radius 3 is 2.88 bits per heavy atom. The molecule has 0 saturated heterocycles. The van der Waals surface area contributed by atoms with Gasteiger partial charge in [0.1, 0.15) is 11.3 Å². The Hall–Kier alpha value is -1.48. The molecule has 0 atom stereocenters. The second-order valence-electron chi connectivity index (χ2n) is 4.48. The van der Waals surface area contributed by atoms with Crippen molar-refractivity contribution >= 4 is 11.0 Å². The van der Waals surface area contributed by atoms with E-state index in [0.717, 1.165) is 29.7 Å². The fraction of sp³-hybridized carbons (Fsp3) is 0.429. The van der Waals surface area contributed by atoms with Gasteiger partial charge in [-0.25, -0.2) is 0 Å². The molecule has 0 fully saturated rings. The van der Waals surface area contributed by atoms with E-state index in [1.54, 1.807) is 7.11 Å². The van der Waals surface area contributed by atoms with Crippen LogP contribution in [0.1, 0.15) is 19.4 Å². The summed E-state index contributed by atoms with van der Waals surface area (Å²) < 4.78 is 10.8. The Morgan fingerprint density at radius 1 is 1.35 bits per heavy atom. The molecule has 0 amide bonds. The summed E-state index contributed by atoms with van der Waals surface area (Å²) in [6.07, 6.45) is 2.81. The van der Waals surface area contributed by atoms with Crippen molar-refractivity contribution in [3.63, 3.8) is 0 Å². The molecule has 0 bridgehead atoms. The highest BCUT2D eigenvalue weighted by Crippen LogP contribution is 2.25. The maximum Gasteiger partial charge on any atom is 0.134 e. The SMILES string of the molecule is COc1ccc2occ(CCNC(C)C)c2c1. The monoisotopic (exact) mass is 233 g/mol. The Balaban J connectivity index is 2.16. The van der Waals surface area contributed by atoms with Crippen molar-refractivity contribution in [1.29, 1.82) is 0 Å². The van der Waals surface area contributed by atoms with Gasteiger partial charge in [-0.3, -0.25) is 0 Å². The molecule has 1 heterocycles. The van der Waals surface area contributed by atoms with Crippen molar-refractivity contribution in [2.45, 2.75) is 26.3 Å². The number of rotatable bonds is 5. The maximum absolute atomic E-state index is 5.52. The summed E-state index contributed by atoms with van der Waals surface area (Å²) in [7, 11) is 1.68. The summed E-state index contributed by atoms with van der Waals surface area (Å²) in [6, 6.07) is 6.42. The van der Waals surface area contributed by atoms with E-state index in [9.17, 15) is 0 Å². The van der Waals surface area contributed by atoms with Crippen molar-refractivity contribution in [3.05, 3.63) is 30.0 Å². The van der Waals surface area contributed by atoms with Gasteiger partial charge < -0.3 is 14.5 Å². The number of ether oxygens (including phenoxy) is 1. The molecular formula is C14H19NO2. The molecule has 2 rings (SSSR count). The third kappa shape index (κ3) is 2.80. The highest BCUT2D eigenvalue weighted by molar-refractivity contribution is 5.82. The molecule has 0 saturated carbocycles. The van der Waals surface area contributed by atoms with Crippen LogP contribution in [0, 0.1) is 0 Å². The van der Waals surface area contributed by atoms with E-state index in [1.807, 2.05) is 24.5 Å². The zero-order valence-corrected chi connectivity index (χ0v) is 10.6. The first-order valence-electron chi connectivity index (χ1n) is 5.98. The molecule has 17 heavy (non-hydrogen) atoms. The van der Waals surface area contributed by atoms with E-state index < -0.39 is 0 Å². The van der Waals surface area contributed by atoms with Crippen molar-refractivity contribution in [3.8, 4) is 5.75 Å². The van der Waals surface area contributed by atoms with E-state index in [2.05, 4.69) is 19.2 Å². The van der Waals surface area contributed by atoms with E-state index >= 15 is 0 Å². The lowest BCUT2D eigenvalue weighted by molar-refractivity contribution is 0.415. The number of hydrogen-bond donors (Lipinski definition) is 1.